The SMILES string of the molecule is Cc1cc2cc(C(=O)N(Cc3ccc(C(F)(F)F)cn3)Cc3ccc4cc[nH]c4n3)ccc2nc1N. The van der Waals surface area contributed by atoms with Crippen LogP contribution in [0.1, 0.15) is 32.9 Å². The first kappa shape index (κ1) is 23.3. The van der Waals surface area contributed by atoms with Crippen LogP contribution in [0.4, 0.5) is 19.0 Å². The topological polar surface area (TPSA) is 101 Å². The van der Waals surface area contributed by atoms with Gasteiger partial charge in [-0.1, -0.05) is 0 Å². The molecule has 0 radical (unpaired) electrons. The Bertz CT molecular complexity index is 1580. The van der Waals surface area contributed by atoms with Gasteiger partial charge in [-0.25, -0.2) is 9.97 Å². The second kappa shape index (κ2) is 8.95. The summed E-state index contributed by atoms with van der Waals surface area (Å²) in [6, 6.07) is 14.8. The molecular weight excluding hydrogens is 469 g/mol. The third-order valence-electron chi connectivity index (χ3n) is 5.90. The second-order valence-electron chi connectivity index (χ2n) is 8.51. The number of hydrogen-bond acceptors (Lipinski definition) is 5. The fraction of sp³-hybridized carbons (Fsp3) is 0.154. The van der Waals surface area contributed by atoms with Crippen molar-refractivity contribution in [3.05, 3.63) is 95.1 Å². The predicted molar refractivity (Wildman–Crippen MR) is 130 cm³/mol. The minimum Gasteiger partial charge on any atom is -0.383 e. The van der Waals surface area contributed by atoms with Gasteiger partial charge in [-0.15, -0.1) is 0 Å². The van der Waals surface area contributed by atoms with Gasteiger partial charge < -0.3 is 15.6 Å². The molecule has 1 amide bonds. The number of halogens is 3. The zero-order chi connectivity index (χ0) is 25.4. The summed E-state index contributed by atoms with van der Waals surface area (Å²) in [7, 11) is 0. The number of benzene rings is 1. The average Bonchev–Trinajstić information content (AvgIpc) is 3.31. The van der Waals surface area contributed by atoms with Crippen molar-refractivity contribution in [1.82, 2.24) is 24.8 Å². The van der Waals surface area contributed by atoms with Crippen molar-refractivity contribution < 1.29 is 18.0 Å². The highest BCUT2D eigenvalue weighted by Crippen LogP contribution is 2.28. The van der Waals surface area contributed by atoms with Crippen LogP contribution in [0.3, 0.4) is 0 Å². The van der Waals surface area contributed by atoms with Crippen LogP contribution in [0, 0.1) is 6.92 Å². The molecule has 0 bridgehead atoms. The van der Waals surface area contributed by atoms with Gasteiger partial charge in [0.1, 0.15) is 11.5 Å². The molecule has 4 heterocycles. The van der Waals surface area contributed by atoms with Crippen LogP contribution in [0.15, 0.2) is 67.0 Å². The Morgan fingerprint density at radius 2 is 1.75 bits per heavy atom. The Morgan fingerprint density at radius 3 is 2.50 bits per heavy atom. The molecule has 1 aromatic carbocycles. The summed E-state index contributed by atoms with van der Waals surface area (Å²) in [4.78, 5) is 31.0. The Labute approximate surface area is 203 Å². The summed E-state index contributed by atoms with van der Waals surface area (Å²) < 4.78 is 38.9. The first-order valence-electron chi connectivity index (χ1n) is 11.1. The molecule has 7 nitrogen and oxygen atoms in total. The van der Waals surface area contributed by atoms with Gasteiger partial charge in [-0.2, -0.15) is 13.2 Å². The maximum atomic E-state index is 13.6. The van der Waals surface area contributed by atoms with E-state index in [0.717, 1.165) is 28.6 Å². The van der Waals surface area contributed by atoms with Gasteiger partial charge >= 0.3 is 6.18 Å². The van der Waals surface area contributed by atoms with E-state index in [1.807, 2.05) is 31.2 Å². The lowest BCUT2D eigenvalue weighted by molar-refractivity contribution is -0.137. The van der Waals surface area contributed by atoms with Crippen molar-refractivity contribution in [1.29, 1.82) is 0 Å². The molecule has 0 spiro atoms. The normalized spacial score (nSPS) is 11.8. The Kier molecular flexibility index (Phi) is 5.79. The molecular formula is C26H21F3N6O. The number of aromatic nitrogens is 4. The van der Waals surface area contributed by atoms with Crippen LogP contribution < -0.4 is 5.73 Å². The number of H-pyrrole nitrogens is 1. The first-order chi connectivity index (χ1) is 17.2. The lowest BCUT2D eigenvalue weighted by Crippen LogP contribution is -2.31. The number of pyridine rings is 3. The molecule has 10 heteroatoms. The molecule has 0 unspecified atom stereocenters. The number of nitrogens with two attached hydrogens (primary N) is 1. The molecule has 0 aliphatic carbocycles. The summed E-state index contributed by atoms with van der Waals surface area (Å²) in [6.45, 7) is 1.97. The summed E-state index contributed by atoms with van der Waals surface area (Å²) >= 11 is 0. The molecule has 5 rings (SSSR count). The maximum absolute atomic E-state index is 13.6. The van der Waals surface area contributed by atoms with Crippen molar-refractivity contribution in [3.63, 3.8) is 0 Å². The van der Waals surface area contributed by atoms with Crippen LogP contribution >= 0.6 is 0 Å². The number of rotatable bonds is 5. The smallest absolute Gasteiger partial charge is 0.383 e. The van der Waals surface area contributed by atoms with E-state index in [-0.39, 0.29) is 19.0 Å². The number of alkyl halides is 3. The van der Waals surface area contributed by atoms with Crippen molar-refractivity contribution in [2.24, 2.45) is 0 Å². The second-order valence-corrected chi connectivity index (χ2v) is 8.51. The van der Waals surface area contributed by atoms with Crippen LogP contribution in [0.5, 0.6) is 0 Å². The minimum absolute atomic E-state index is 0.00152. The van der Waals surface area contributed by atoms with E-state index in [0.29, 0.717) is 33.9 Å². The highest BCUT2D eigenvalue weighted by Gasteiger charge is 2.30. The summed E-state index contributed by atoms with van der Waals surface area (Å²) in [5.41, 5.74) is 8.53. The largest absolute Gasteiger partial charge is 0.417 e. The number of nitrogens with zero attached hydrogens (tertiary/aromatic N) is 4. The Morgan fingerprint density at radius 1 is 0.972 bits per heavy atom. The zero-order valence-electron chi connectivity index (χ0n) is 19.2. The van der Waals surface area contributed by atoms with Crippen LogP contribution in [0.25, 0.3) is 21.9 Å². The van der Waals surface area contributed by atoms with E-state index in [1.54, 1.807) is 24.4 Å². The van der Waals surface area contributed by atoms with Gasteiger partial charge in [0.2, 0.25) is 0 Å². The van der Waals surface area contributed by atoms with Gasteiger partial charge in [0.25, 0.3) is 5.91 Å². The molecule has 3 N–H and O–H groups in total. The van der Waals surface area contributed by atoms with Crippen LogP contribution in [-0.2, 0) is 19.3 Å². The highest BCUT2D eigenvalue weighted by atomic mass is 19.4. The molecule has 0 fully saturated rings. The maximum Gasteiger partial charge on any atom is 0.417 e. The molecule has 36 heavy (non-hydrogen) atoms. The predicted octanol–water partition coefficient (Wildman–Crippen LogP) is 5.26. The summed E-state index contributed by atoms with van der Waals surface area (Å²) in [5, 5.41) is 1.68. The quantitative estimate of drug-likeness (QED) is 0.350. The van der Waals surface area contributed by atoms with E-state index < -0.39 is 11.7 Å². The number of fused-ring (bicyclic) bond motifs is 2. The van der Waals surface area contributed by atoms with E-state index in [9.17, 15) is 18.0 Å². The molecule has 0 aliphatic rings. The lowest BCUT2D eigenvalue weighted by atomic mass is 10.1. The molecule has 0 saturated carbocycles. The summed E-state index contributed by atoms with van der Waals surface area (Å²) in [5.74, 6) is 0.101. The Hall–Kier alpha value is -4.47. The molecule has 4 aromatic heterocycles. The minimum atomic E-state index is -4.49. The van der Waals surface area contributed by atoms with Crippen LogP contribution in [0.2, 0.25) is 0 Å². The van der Waals surface area contributed by atoms with E-state index in [4.69, 9.17) is 5.73 Å². The molecule has 182 valence electrons. The number of nitrogen functional groups attached to an aromatic ring is 1. The van der Waals surface area contributed by atoms with Crippen molar-refractivity contribution >= 4 is 33.7 Å². The van der Waals surface area contributed by atoms with Gasteiger partial charge in [-0.05, 0) is 67.1 Å². The van der Waals surface area contributed by atoms with E-state index >= 15 is 0 Å². The average molecular weight is 490 g/mol. The van der Waals surface area contributed by atoms with Gasteiger partial charge in [-0.3, -0.25) is 9.78 Å². The third kappa shape index (κ3) is 4.70. The fourth-order valence-electron chi connectivity index (χ4n) is 3.95. The van der Waals surface area contributed by atoms with E-state index in [2.05, 4.69) is 19.9 Å². The molecule has 5 aromatic rings. The number of aromatic amines is 1. The van der Waals surface area contributed by atoms with Gasteiger partial charge in [0.05, 0.1) is 35.6 Å². The molecule has 0 saturated heterocycles. The number of amides is 1. The standard InChI is InChI=1S/C26H21F3N6O/c1-15-10-18-11-17(3-7-22(18)34-23(15)30)25(36)35(13-20-6-4-19(12-32-20)26(27,28)29)14-21-5-2-16-8-9-31-24(16)33-21/h2-12H,13-14H2,1H3,(H2,30,34)(H,31,33). The fourth-order valence-corrected chi connectivity index (χ4v) is 3.95. The van der Waals surface area contributed by atoms with Crippen molar-refractivity contribution in [2.75, 3.05) is 5.73 Å². The number of anilines is 1. The van der Waals surface area contributed by atoms with Gasteiger partial charge in [0, 0.05) is 28.7 Å². The molecule has 0 aliphatic heterocycles. The summed E-state index contributed by atoms with van der Waals surface area (Å²) in [6.07, 6.45) is -1.94. The monoisotopic (exact) mass is 490 g/mol. The molecule has 0 atom stereocenters. The van der Waals surface area contributed by atoms with Crippen LogP contribution in [-0.4, -0.2) is 30.7 Å². The highest BCUT2D eigenvalue weighted by molar-refractivity contribution is 5.98. The zero-order valence-corrected chi connectivity index (χ0v) is 19.2. The number of nitrogens with one attached hydrogen (secondary N) is 1. The number of aryl methyl sites for hydroxylation is 1. The van der Waals surface area contributed by atoms with Gasteiger partial charge in [0.15, 0.2) is 0 Å². The third-order valence-corrected chi connectivity index (χ3v) is 5.90. The lowest BCUT2D eigenvalue weighted by Gasteiger charge is -2.23. The number of carbonyl (C=O) groups is 1. The van der Waals surface area contributed by atoms with Crippen molar-refractivity contribution in [2.45, 2.75) is 26.2 Å². The Balaban J connectivity index is 1.49. The van der Waals surface area contributed by atoms with Crippen molar-refractivity contribution in [3.8, 4) is 0 Å². The first-order valence-corrected chi connectivity index (χ1v) is 11.1. The van der Waals surface area contributed by atoms with E-state index in [1.165, 1.54) is 11.0 Å². The number of carbonyl (C=O) groups excluding carboxylic acids is 1. The number of hydrogen-bond donors (Lipinski definition) is 2.